The largest absolute Gasteiger partial charge is 0.480 e. The Bertz CT molecular complexity index is 486. The zero-order chi connectivity index (χ0) is 14.4. The van der Waals surface area contributed by atoms with Gasteiger partial charge in [-0.15, -0.1) is 0 Å². The third-order valence-corrected chi connectivity index (χ3v) is 3.44. The van der Waals surface area contributed by atoms with Gasteiger partial charge in [0.05, 0.1) is 11.6 Å². The molecular weight excluding hydrogens is 338 g/mol. The number of thioether (sulfide) groups is 1. The van der Waals surface area contributed by atoms with Gasteiger partial charge in [0.1, 0.15) is 6.04 Å². The molecule has 0 unspecified atom stereocenters. The Kier molecular flexibility index (Phi) is 6.03. The lowest BCUT2D eigenvalue weighted by molar-refractivity contribution is -0.140. The second kappa shape index (κ2) is 7.29. The lowest BCUT2D eigenvalue weighted by atomic mass is 10.3. The first kappa shape index (κ1) is 15.7. The highest BCUT2D eigenvalue weighted by atomic mass is 79.9. The quantitative estimate of drug-likeness (QED) is 0.581. The number of carbonyl (C=O) groups excluding carboxylic acids is 1. The molecule has 0 saturated heterocycles. The number of halogens is 1. The van der Waals surface area contributed by atoms with Crippen molar-refractivity contribution in [2.75, 3.05) is 12.9 Å². The van der Waals surface area contributed by atoms with Gasteiger partial charge in [-0.3, -0.25) is 4.79 Å². The van der Waals surface area contributed by atoms with E-state index in [2.05, 4.69) is 31.2 Å². The number of hydrogen-bond acceptors (Lipinski definition) is 6. The summed E-state index contributed by atoms with van der Waals surface area (Å²) in [6.45, 7) is 1.26. The van der Waals surface area contributed by atoms with E-state index >= 15 is 0 Å². The summed E-state index contributed by atoms with van der Waals surface area (Å²) in [6.07, 6.45) is 1.52. The van der Waals surface area contributed by atoms with E-state index < -0.39 is 17.9 Å². The van der Waals surface area contributed by atoms with Gasteiger partial charge in [-0.25, -0.2) is 9.78 Å². The molecule has 0 aliphatic carbocycles. The predicted molar refractivity (Wildman–Crippen MR) is 72.2 cm³/mol. The molecule has 0 fully saturated rings. The Morgan fingerprint density at radius 2 is 2.32 bits per heavy atom. The maximum absolute atomic E-state index is 10.9. The first-order valence-electron chi connectivity index (χ1n) is 5.13. The van der Waals surface area contributed by atoms with Crippen LogP contribution in [0.5, 0.6) is 5.88 Å². The van der Waals surface area contributed by atoms with Crippen LogP contribution in [0.3, 0.4) is 0 Å². The van der Waals surface area contributed by atoms with Crippen molar-refractivity contribution in [3.63, 3.8) is 0 Å². The molecule has 0 spiro atoms. The summed E-state index contributed by atoms with van der Waals surface area (Å²) in [7, 11) is 1.47. The second-order valence-electron chi connectivity index (χ2n) is 3.41. The van der Waals surface area contributed by atoms with Crippen molar-refractivity contribution < 1.29 is 19.4 Å². The van der Waals surface area contributed by atoms with Gasteiger partial charge in [-0.05, 0) is 15.9 Å². The van der Waals surface area contributed by atoms with E-state index in [1.54, 1.807) is 0 Å². The lowest BCUT2D eigenvalue weighted by Crippen LogP contribution is -2.41. The average Bonchev–Trinajstić information content (AvgIpc) is 2.35. The van der Waals surface area contributed by atoms with Gasteiger partial charge in [0.15, 0.2) is 5.16 Å². The molecule has 0 aromatic carbocycles. The molecule has 1 rings (SSSR count). The standard InChI is InChI=1S/C10H12BrN3O4S/c1-5(15)13-7(9(16)17)4-19-10-12-3-6(11)8(14-10)18-2/h3,7H,4H2,1-2H3,(H,13,15)(H,16,17)/t7-/m0/s1. The summed E-state index contributed by atoms with van der Waals surface area (Å²) in [4.78, 5) is 29.9. The van der Waals surface area contributed by atoms with Gasteiger partial charge in [-0.2, -0.15) is 4.98 Å². The average molecular weight is 350 g/mol. The fourth-order valence-corrected chi connectivity index (χ4v) is 2.30. The van der Waals surface area contributed by atoms with Gasteiger partial charge in [0.2, 0.25) is 11.8 Å². The number of carboxylic acid groups (broad SMARTS) is 1. The lowest BCUT2D eigenvalue weighted by Gasteiger charge is -2.12. The van der Waals surface area contributed by atoms with Gasteiger partial charge in [0.25, 0.3) is 0 Å². The van der Waals surface area contributed by atoms with Crippen LogP contribution in [0.15, 0.2) is 15.8 Å². The fraction of sp³-hybridized carbons (Fsp3) is 0.400. The summed E-state index contributed by atoms with van der Waals surface area (Å²) in [5.41, 5.74) is 0. The van der Waals surface area contributed by atoms with Crippen molar-refractivity contribution in [3.05, 3.63) is 10.7 Å². The Hall–Kier alpha value is -1.35. The van der Waals surface area contributed by atoms with Crippen LogP contribution in [0.2, 0.25) is 0 Å². The minimum Gasteiger partial charge on any atom is -0.480 e. The SMILES string of the molecule is COc1nc(SC[C@H](NC(C)=O)C(=O)O)ncc1Br. The number of aromatic nitrogens is 2. The predicted octanol–water partition coefficient (Wildman–Crippen LogP) is 0.929. The molecule has 19 heavy (non-hydrogen) atoms. The molecule has 1 atom stereocenters. The van der Waals surface area contributed by atoms with Crippen molar-refractivity contribution in [1.82, 2.24) is 15.3 Å². The number of amides is 1. The smallest absolute Gasteiger partial charge is 0.327 e. The molecule has 104 valence electrons. The molecule has 0 aliphatic heterocycles. The van der Waals surface area contributed by atoms with Gasteiger partial charge in [-0.1, -0.05) is 11.8 Å². The van der Waals surface area contributed by atoms with E-state index in [4.69, 9.17) is 9.84 Å². The Morgan fingerprint density at radius 3 is 2.84 bits per heavy atom. The highest BCUT2D eigenvalue weighted by molar-refractivity contribution is 9.10. The number of aliphatic carboxylic acids is 1. The van der Waals surface area contributed by atoms with E-state index in [9.17, 15) is 9.59 Å². The van der Waals surface area contributed by atoms with Gasteiger partial charge < -0.3 is 15.2 Å². The number of nitrogens with one attached hydrogen (secondary N) is 1. The maximum Gasteiger partial charge on any atom is 0.327 e. The van der Waals surface area contributed by atoms with Crippen LogP contribution in [0, 0.1) is 0 Å². The molecule has 2 N–H and O–H groups in total. The summed E-state index contributed by atoms with van der Waals surface area (Å²) in [6, 6.07) is -0.985. The van der Waals surface area contributed by atoms with Crippen LogP contribution in [0.4, 0.5) is 0 Å². The summed E-state index contributed by atoms with van der Waals surface area (Å²) in [5, 5.41) is 11.7. The highest BCUT2D eigenvalue weighted by Crippen LogP contribution is 2.24. The van der Waals surface area contributed by atoms with Crippen molar-refractivity contribution in [3.8, 4) is 5.88 Å². The Labute approximate surface area is 122 Å². The molecule has 0 saturated carbocycles. The molecule has 0 bridgehead atoms. The summed E-state index contributed by atoms with van der Waals surface area (Å²) in [5.74, 6) is -1.02. The zero-order valence-electron chi connectivity index (χ0n) is 10.2. The number of carboxylic acids is 1. The van der Waals surface area contributed by atoms with Gasteiger partial charge in [0, 0.05) is 18.9 Å². The highest BCUT2D eigenvalue weighted by Gasteiger charge is 2.19. The molecule has 1 aromatic rings. The van der Waals surface area contributed by atoms with Crippen molar-refractivity contribution in [1.29, 1.82) is 0 Å². The van der Waals surface area contributed by atoms with Crippen molar-refractivity contribution in [2.24, 2.45) is 0 Å². The number of hydrogen-bond donors (Lipinski definition) is 2. The third-order valence-electron chi connectivity index (χ3n) is 1.94. The number of methoxy groups -OCH3 is 1. The third kappa shape index (κ3) is 5.03. The van der Waals surface area contributed by atoms with Crippen molar-refractivity contribution in [2.45, 2.75) is 18.1 Å². The monoisotopic (exact) mass is 349 g/mol. The van der Waals surface area contributed by atoms with E-state index in [-0.39, 0.29) is 5.75 Å². The first-order chi connectivity index (χ1) is 8.93. The molecule has 9 heteroatoms. The van der Waals surface area contributed by atoms with E-state index in [1.165, 1.54) is 20.2 Å². The molecule has 0 radical (unpaired) electrons. The number of carbonyl (C=O) groups is 2. The minimum atomic E-state index is -1.10. The van der Waals surface area contributed by atoms with Crippen LogP contribution in [0.1, 0.15) is 6.92 Å². The summed E-state index contributed by atoms with van der Waals surface area (Å²) < 4.78 is 5.61. The van der Waals surface area contributed by atoms with E-state index in [1.807, 2.05) is 0 Å². The number of nitrogens with zero attached hydrogens (tertiary/aromatic N) is 2. The maximum atomic E-state index is 10.9. The van der Waals surface area contributed by atoms with E-state index in [0.29, 0.717) is 15.5 Å². The number of ether oxygens (including phenoxy) is 1. The van der Waals surface area contributed by atoms with Crippen LogP contribution in [-0.4, -0.2) is 45.9 Å². The molecular formula is C10H12BrN3O4S. The van der Waals surface area contributed by atoms with E-state index in [0.717, 1.165) is 11.8 Å². The zero-order valence-corrected chi connectivity index (χ0v) is 12.6. The van der Waals surface area contributed by atoms with Crippen LogP contribution < -0.4 is 10.1 Å². The topological polar surface area (TPSA) is 101 Å². The first-order valence-corrected chi connectivity index (χ1v) is 6.91. The molecule has 0 aliphatic rings. The van der Waals surface area contributed by atoms with Gasteiger partial charge >= 0.3 is 5.97 Å². The Morgan fingerprint density at radius 1 is 1.63 bits per heavy atom. The normalized spacial score (nSPS) is 11.7. The van der Waals surface area contributed by atoms with Crippen LogP contribution in [-0.2, 0) is 9.59 Å². The van der Waals surface area contributed by atoms with Crippen LogP contribution >= 0.6 is 27.7 Å². The fourth-order valence-electron chi connectivity index (χ4n) is 1.13. The molecule has 1 amide bonds. The number of rotatable bonds is 6. The summed E-state index contributed by atoms with van der Waals surface area (Å²) >= 11 is 4.33. The second-order valence-corrected chi connectivity index (χ2v) is 5.25. The Balaban J connectivity index is 2.68. The molecule has 1 heterocycles. The van der Waals surface area contributed by atoms with Crippen molar-refractivity contribution >= 4 is 39.6 Å². The molecule has 7 nitrogen and oxygen atoms in total. The minimum absolute atomic E-state index is 0.125. The molecule has 1 aromatic heterocycles. The van der Waals surface area contributed by atoms with Crippen LogP contribution in [0.25, 0.3) is 0 Å².